The fraction of sp³-hybridized carbons (Fsp3) is 0.182. The first-order valence-corrected chi connectivity index (χ1v) is 9.32. The minimum absolute atomic E-state index is 0.164. The highest BCUT2D eigenvalue weighted by Crippen LogP contribution is 2.38. The summed E-state index contributed by atoms with van der Waals surface area (Å²) >= 11 is 0. The van der Waals surface area contributed by atoms with Crippen LogP contribution < -0.4 is 19.5 Å². The zero-order valence-electron chi connectivity index (χ0n) is 17.5. The van der Waals surface area contributed by atoms with Crippen LogP contribution in [0.15, 0.2) is 42.6 Å². The number of pyridine rings is 1. The molecular formula is C22H17F5N2O4. The molecule has 1 amide bonds. The van der Waals surface area contributed by atoms with E-state index in [-0.39, 0.29) is 11.5 Å². The molecule has 174 valence electrons. The average Bonchev–Trinajstić information content (AvgIpc) is 2.73. The summed E-state index contributed by atoms with van der Waals surface area (Å²) in [7, 11) is 1.16. The second-order valence-corrected chi connectivity index (χ2v) is 6.79. The molecule has 3 aromatic rings. The molecule has 6 nitrogen and oxygen atoms in total. The van der Waals surface area contributed by atoms with Crippen molar-refractivity contribution in [3.05, 3.63) is 71.1 Å². The van der Waals surface area contributed by atoms with E-state index in [0.717, 1.165) is 37.4 Å². The highest BCUT2D eigenvalue weighted by molar-refractivity contribution is 6.06. The Balaban J connectivity index is 1.97. The summed E-state index contributed by atoms with van der Waals surface area (Å²) in [6, 6.07) is 6.21. The minimum atomic E-state index is -4.93. The predicted octanol–water partition coefficient (Wildman–Crippen LogP) is 5.93. The van der Waals surface area contributed by atoms with Gasteiger partial charge in [0.25, 0.3) is 5.91 Å². The monoisotopic (exact) mass is 468 g/mol. The van der Waals surface area contributed by atoms with E-state index in [9.17, 15) is 26.7 Å². The van der Waals surface area contributed by atoms with Crippen LogP contribution in [0.2, 0.25) is 0 Å². The minimum Gasteiger partial charge on any atom is -0.493 e. The van der Waals surface area contributed by atoms with Gasteiger partial charge < -0.3 is 19.5 Å². The van der Waals surface area contributed by atoms with E-state index in [1.54, 1.807) is 19.9 Å². The number of benzene rings is 2. The Kier molecular flexibility index (Phi) is 6.70. The molecule has 0 aliphatic heterocycles. The number of carbonyl (C=O) groups is 1. The average molecular weight is 468 g/mol. The van der Waals surface area contributed by atoms with Gasteiger partial charge in [0.15, 0.2) is 23.1 Å². The molecule has 2 aromatic carbocycles. The lowest BCUT2D eigenvalue weighted by Crippen LogP contribution is -2.17. The lowest BCUT2D eigenvalue weighted by atomic mass is 10.1. The van der Waals surface area contributed by atoms with E-state index in [2.05, 4.69) is 15.0 Å². The van der Waals surface area contributed by atoms with Gasteiger partial charge in [-0.1, -0.05) is 0 Å². The predicted molar refractivity (Wildman–Crippen MR) is 108 cm³/mol. The van der Waals surface area contributed by atoms with Gasteiger partial charge in [-0.2, -0.15) is 0 Å². The van der Waals surface area contributed by atoms with Crippen molar-refractivity contribution in [2.45, 2.75) is 20.2 Å². The van der Waals surface area contributed by atoms with Crippen LogP contribution in [0.5, 0.6) is 23.0 Å². The second-order valence-electron chi connectivity index (χ2n) is 6.79. The van der Waals surface area contributed by atoms with Gasteiger partial charge in [0.05, 0.1) is 7.11 Å². The first-order chi connectivity index (χ1) is 15.5. The molecule has 33 heavy (non-hydrogen) atoms. The summed E-state index contributed by atoms with van der Waals surface area (Å²) < 4.78 is 80.3. The Labute approximate surface area is 184 Å². The maximum Gasteiger partial charge on any atom is 0.573 e. The molecule has 0 bridgehead atoms. The number of halogens is 5. The lowest BCUT2D eigenvalue weighted by molar-refractivity contribution is -0.274. The maximum absolute atomic E-state index is 14.6. The van der Waals surface area contributed by atoms with Gasteiger partial charge in [-0.25, -0.2) is 8.78 Å². The normalized spacial score (nSPS) is 11.2. The quantitative estimate of drug-likeness (QED) is 0.455. The Hall–Kier alpha value is -3.89. The molecule has 3 rings (SSSR count). The number of nitrogens with zero attached hydrogens (tertiary/aromatic N) is 1. The molecule has 0 radical (unpaired) electrons. The topological polar surface area (TPSA) is 69.7 Å². The smallest absolute Gasteiger partial charge is 0.493 e. The third-order valence-corrected chi connectivity index (χ3v) is 4.36. The van der Waals surface area contributed by atoms with Crippen molar-refractivity contribution in [1.29, 1.82) is 0 Å². The molecule has 0 saturated carbocycles. The fourth-order valence-corrected chi connectivity index (χ4v) is 2.83. The number of methoxy groups -OCH3 is 1. The van der Waals surface area contributed by atoms with E-state index in [1.165, 1.54) is 6.20 Å². The Morgan fingerprint density at radius 3 is 2.36 bits per heavy atom. The van der Waals surface area contributed by atoms with Crippen molar-refractivity contribution in [3.63, 3.8) is 0 Å². The number of ether oxygens (including phenoxy) is 3. The van der Waals surface area contributed by atoms with Gasteiger partial charge >= 0.3 is 6.36 Å². The van der Waals surface area contributed by atoms with Crippen molar-refractivity contribution >= 4 is 11.6 Å². The third kappa shape index (κ3) is 5.68. The van der Waals surface area contributed by atoms with Gasteiger partial charge in [-0.15, -0.1) is 13.2 Å². The molecule has 0 atom stereocenters. The molecule has 0 fully saturated rings. The molecule has 11 heteroatoms. The number of anilines is 1. The molecule has 0 unspecified atom stereocenters. The molecule has 0 spiro atoms. The number of aromatic nitrogens is 1. The number of aryl methyl sites for hydroxylation is 2. The fourth-order valence-electron chi connectivity index (χ4n) is 2.83. The van der Waals surface area contributed by atoms with Gasteiger partial charge in [0.2, 0.25) is 0 Å². The summed E-state index contributed by atoms with van der Waals surface area (Å²) in [5.41, 5.74) is 0.739. The van der Waals surface area contributed by atoms with Crippen LogP contribution >= 0.6 is 0 Å². The van der Waals surface area contributed by atoms with Crippen LogP contribution in [0, 0.1) is 25.5 Å². The number of rotatable bonds is 6. The third-order valence-electron chi connectivity index (χ3n) is 4.36. The first kappa shape index (κ1) is 23.8. The van der Waals surface area contributed by atoms with Crippen LogP contribution in [-0.2, 0) is 0 Å². The highest BCUT2D eigenvalue weighted by atomic mass is 19.4. The van der Waals surface area contributed by atoms with E-state index in [1.807, 2.05) is 0 Å². The molecule has 1 heterocycles. The molecule has 0 saturated heterocycles. The standard InChI is InChI=1S/C22H17F5N2O4/c1-11-10-28-12(2)8-15(11)29-21(30)19-17(7-5-14(23)20(19)24)32-16-6-4-13(9-18(16)31-3)33-22(25,26)27/h4-10H,1-3H3,(H,28,29,30). The van der Waals surface area contributed by atoms with Crippen molar-refractivity contribution < 1.29 is 41.0 Å². The first-order valence-electron chi connectivity index (χ1n) is 9.32. The molecular weight excluding hydrogens is 451 g/mol. The van der Waals surface area contributed by atoms with E-state index < -0.39 is 41.0 Å². The Morgan fingerprint density at radius 1 is 1.00 bits per heavy atom. The van der Waals surface area contributed by atoms with Crippen molar-refractivity contribution in [3.8, 4) is 23.0 Å². The number of nitrogens with one attached hydrogen (secondary N) is 1. The van der Waals surface area contributed by atoms with Crippen molar-refractivity contribution in [2.75, 3.05) is 12.4 Å². The molecule has 1 N–H and O–H groups in total. The second kappa shape index (κ2) is 9.31. The number of hydrogen-bond acceptors (Lipinski definition) is 5. The van der Waals surface area contributed by atoms with Crippen LogP contribution in [0.1, 0.15) is 21.6 Å². The summed E-state index contributed by atoms with van der Waals surface area (Å²) in [4.78, 5) is 16.9. The zero-order chi connectivity index (χ0) is 24.3. The Bertz CT molecular complexity index is 1200. The van der Waals surface area contributed by atoms with Crippen molar-refractivity contribution in [1.82, 2.24) is 4.98 Å². The molecule has 1 aromatic heterocycles. The summed E-state index contributed by atoms with van der Waals surface area (Å²) in [6.45, 7) is 3.35. The number of hydrogen-bond donors (Lipinski definition) is 1. The highest BCUT2D eigenvalue weighted by Gasteiger charge is 2.31. The number of amides is 1. The summed E-state index contributed by atoms with van der Waals surface area (Å²) in [6.07, 6.45) is -3.43. The van der Waals surface area contributed by atoms with Gasteiger partial charge in [0.1, 0.15) is 17.1 Å². The number of carbonyl (C=O) groups excluding carboxylic acids is 1. The van der Waals surface area contributed by atoms with Crippen LogP contribution in [-0.4, -0.2) is 24.4 Å². The van der Waals surface area contributed by atoms with E-state index >= 15 is 0 Å². The Morgan fingerprint density at radius 2 is 1.70 bits per heavy atom. The van der Waals surface area contributed by atoms with Crippen LogP contribution in [0.3, 0.4) is 0 Å². The maximum atomic E-state index is 14.6. The van der Waals surface area contributed by atoms with Gasteiger partial charge in [-0.3, -0.25) is 9.78 Å². The number of alkyl halides is 3. The summed E-state index contributed by atoms with van der Waals surface area (Å²) in [5.74, 6) is -5.11. The van der Waals surface area contributed by atoms with E-state index in [0.29, 0.717) is 16.9 Å². The van der Waals surface area contributed by atoms with Crippen LogP contribution in [0.25, 0.3) is 0 Å². The zero-order valence-corrected chi connectivity index (χ0v) is 17.5. The summed E-state index contributed by atoms with van der Waals surface area (Å²) in [5, 5.41) is 2.48. The lowest BCUT2D eigenvalue weighted by Gasteiger charge is -2.16. The van der Waals surface area contributed by atoms with Gasteiger partial charge in [-0.05, 0) is 49.7 Å². The molecule has 0 aliphatic carbocycles. The van der Waals surface area contributed by atoms with Crippen molar-refractivity contribution in [2.24, 2.45) is 0 Å². The van der Waals surface area contributed by atoms with E-state index in [4.69, 9.17) is 9.47 Å². The SMILES string of the molecule is COc1cc(OC(F)(F)F)ccc1Oc1ccc(F)c(F)c1C(=O)Nc1cc(C)ncc1C. The molecule has 0 aliphatic rings. The largest absolute Gasteiger partial charge is 0.573 e. The van der Waals surface area contributed by atoms with Gasteiger partial charge in [0, 0.05) is 23.6 Å². The van der Waals surface area contributed by atoms with Crippen LogP contribution in [0.4, 0.5) is 27.6 Å².